The molecule has 2 aliphatic rings. The smallest absolute Gasteiger partial charge is 0.0208 e. The predicted molar refractivity (Wildman–Crippen MR) is 76.6 cm³/mol. The molecule has 0 bridgehead atoms. The van der Waals surface area contributed by atoms with Gasteiger partial charge in [0.05, 0.1) is 0 Å². The summed E-state index contributed by atoms with van der Waals surface area (Å²) in [6.45, 7) is 6.99. The second-order valence-corrected chi connectivity index (χ2v) is 6.59. The van der Waals surface area contributed by atoms with E-state index < -0.39 is 0 Å². The van der Waals surface area contributed by atoms with Gasteiger partial charge in [-0.2, -0.15) is 0 Å². The van der Waals surface area contributed by atoms with Gasteiger partial charge >= 0.3 is 0 Å². The first-order chi connectivity index (χ1) is 8.71. The Morgan fingerprint density at radius 2 is 1.94 bits per heavy atom. The molecule has 1 aromatic carbocycles. The zero-order valence-corrected chi connectivity index (χ0v) is 11.7. The zero-order chi connectivity index (χ0) is 12.6. The molecular weight excluding hydrogens is 218 g/mol. The highest BCUT2D eigenvalue weighted by molar-refractivity contribution is 5.33. The van der Waals surface area contributed by atoms with E-state index in [1.807, 2.05) is 0 Å². The summed E-state index contributed by atoms with van der Waals surface area (Å²) in [6, 6.07) is 8.99. The van der Waals surface area contributed by atoms with Crippen LogP contribution in [0.15, 0.2) is 24.3 Å². The van der Waals surface area contributed by atoms with Gasteiger partial charge in [-0.1, -0.05) is 38.1 Å². The van der Waals surface area contributed by atoms with Crippen LogP contribution in [0, 0.1) is 11.3 Å². The average molecular weight is 243 g/mol. The molecular formula is C17H25N. The lowest BCUT2D eigenvalue weighted by atomic mass is 9.92. The van der Waals surface area contributed by atoms with Crippen molar-refractivity contribution in [3.05, 3.63) is 35.4 Å². The topological polar surface area (TPSA) is 12.0 Å². The van der Waals surface area contributed by atoms with E-state index in [-0.39, 0.29) is 0 Å². The number of benzene rings is 1. The third-order valence-electron chi connectivity index (χ3n) is 4.98. The van der Waals surface area contributed by atoms with Crippen molar-refractivity contribution in [2.45, 2.75) is 52.0 Å². The van der Waals surface area contributed by atoms with Crippen molar-refractivity contribution >= 4 is 0 Å². The number of nitrogens with one attached hydrogen (secondary N) is 1. The van der Waals surface area contributed by atoms with Crippen LogP contribution >= 0.6 is 0 Å². The number of rotatable bonds is 6. The van der Waals surface area contributed by atoms with E-state index in [0.29, 0.717) is 5.41 Å². The Kier molecular flexibility index (Phi) is 3.19. The van der Waals surface area contributed by atoms with Gasteiger partial charge in [0.25, 0.3) is 0 Å². The van der Waals surface area contributed by atoms with E-state index >= 15 is 0 Å². The standard InChI is InChI=1S/C17H25N/c1-13(2)17(9-10-17)12-18-11-15-5-3-4-6-16(15)14-7-8-14/h3-6,13-14,18H,7-12H2,1-2H3. The highest BCUT2D eigenvalue weighted by Crippen LogP contribution is 2.51. The van der Waals surface area contributed by atoms with Crippen LogP contribution in [-0.4, -0.2) is 6.54 Å². The Morgan fingerprint density at radius 1 is 1.22 bits per heavy atom. The second-order valence-electron chi connectivity index (χ2n) is 6.59. The van der Waals surface area contributed by atoms with Gasteiger partial charge in [0, 0.05) is 13.1 Å². The molecule has 18 heavy (non-hydrogen) atoms. The summed E-state index contributed by atoms with van der Waals surface area (Å²) in [4.78, 5) is 0. The molecule has 0 unspecified atom stereocenters. The van der Waals surface area contributed by atoms with Gasteiger partial charge in [-0.3, -0.25) is 0 Å². The summed E-state index contributed by atoms with van der Waals surface area (Å²) in [5, 5.41) is 3.71. The van der Waals surface area contributed by atoms with Crippen molar-refractivity contribution in [1.29, 1.82) is 0 Å². The summed E-state index contributed by atoms with van der Waals surface area (Å²) in [5.41, 5.74) is 3.74. The van der Waals surface area contributed by atoms with E-state index in [0.717, 1.165) is 18.4 Å². The first-order valence-electron chi connectivity index (χ1n) is 7.50. The first-order valence-corrected chi connectivity index (χ1v) is 7.50. The molecule has 0 radical (unpaired) electrons. The van der Waals surface area contributed by atoms with E-state index in [4.69, 9.17) is 0 Å². The average Bonchev–Trinajstić information content (AvgIpc) is 3.25. The second kappa shape index (κ2) is 4.70. The quantitative estimate of drug-likeness (QED) is 0.793. The number of hydrogen-bond donors (Lipinski definition) is 1. The minimum absolute atomic E-state index is 0.620. The molecule has 0 amide bonds. The monoisotopic (exact) mass is 243 g/mol. The molecule has 98 valence electrons. The fourth-order valence-electron chi connectivity index (χ4n) is 3.05. The Bertz CT molecular complexity index is 413. The van der Waals surface area contributed by atoms with Gasteiger partial charge in [0.15, 0.2) is 0 Å². The van der Waals surface area contributed by atoms with Gasteiger partial charge < -0.3 is 5.32 Å². The Morgan fingerprint density at radius 3 is 2.56 bits per heavy atom. The number of hydrogen-bond acceptors (Lipinski definition) is 1. The van der Waals surface area contributed by atoms with Gasteiger partial charge in [0.2, 0.25) is 0 Å². The molecule has 0 spiro atoms. The van der Waals surface area contributed by atoms with E-state index in [1.54, 1.807) is 5.56 Å². The largest absolute Gasteiger partial charge is 0.312 e. The molecule has 0 aliphatic heterocycles. The fourth-order valence-corrected chi connectivity index (χ4v) is 3.05. The molecule has 2 aliphatic carbocycles. The van der Waals surface area contributed by atoms with Gasteiger partial charge in [-0.25, -0.2) is 0 Å². The van der Waals surface area contributed by atoms with Crippen LogP contribution in [0.25, 0.3) is 0 Å². The molecule has 0 atom stereocenters. The normalized spacial score (nSPS) is 21.3. The summed E-state index contributed by atoms with van der Waals surface area (Å²) in [7, 11) is 0. The van der Waals surface area contributed by atoms with E-state index in [1.165, 1.54) is 37.8 Å². The maximum Gasteiger partial charge on any atom is 0.0208 e. The molecule has 1 nitrogen and oxygen atoms in total. The minimum Gasteiger partial charge on any atom is -0.312 e. The van der Waals surface area contributed by atoms with E-state index in [9.17, 15) is 0 Å². The Balaban J connectivity index is 1.57. The van der Waals surface area contributed by atoms with Crippen molar-refractivity contribution in [1.82, 2.24) is 5.32 Å². The highest BCUT2D eigenvalue weighted by atomic mass is 14.9. The van der Waals surface area contributed by atoms with Gasteiger partial charge in [-0.15, -0.1) is 0 Å². The van der Waals surface area contributed by atoms with Crippen LogP contribution in [0.4, 0.5) is 0 Å². The molecule has 0 aromatic heterocycles. The van der Waals surface area contributed by atoms with Crippen LogP contribution in [0.3, 0.4) is 0 Å². The molecule has 2 saturated carbocycles. The first kappa shape index (κ1) is 12.2. The van der Waals surface area contributed by atoms with Crippen LogP contribution in [-0.2, 0) is 6.54 Å². The third-order valence-corrected chi connectivity index (χ3v) is 4.98. The molecule has 1 heteroatoms. The lowest BCUT2D eigenvalue weighted by Crippen LogP contribution is -2.27. The van der Waals surface area contributed by atoms with Crippen molar-refractivity contribution in [3.63, 3.8) is 0 Å². The van der Waals surface area contributed by atoms with Crippen molar-refractivity contribution in [2.75, 3.05) is 6.54 Å². The predicted octanol–water partition coefficient (Wildman–Crippen LogP) is 4.09. The molecule has 3 rings (SSSR count). The molecule has 1 aromatic rings. The Labute approximate surface area is 111 Å². The van der Waals surface area contributed by atoms with Gasteiger partial charge in [0.1, 0.15) is 0 Å². The zero-order valence-electron chi connectivity index (χ0n) is 11.7. The molecule has 0 heterocycles. The van der Waals surface area contributed by atoms with Crippen molar-refractivity contribution in [3.8, 4) is 0 Å². The Hall–Kier alpha value is -0.820. The SMILES string of the molecule is CC(C)C1(CNCc2ccccc2C2CC2)CC1. The van der Waals surface area contributed by atoms with Gasteiger partial charge in [-0.05, 0) is 54.1 Å². The maximum absolute atomic E-state index is 3.71. The highest BCUT2D eigenvalue weighted by Gasteiger charge is 2.44. The van der Waals surface area contributed by atoms with Crippen molar-refractivity contribution < 1.29 is 0 Å². The van der Waals surface area contributed by atoms with Crippen LogP contribution in [0.1, 0.15) is 56.6 Å². The van der Waals surface area contributed by atoms with Crippen LogP contribution < -0.4 is 5.32 Å². The fraction of sp³-hybridized carbons (Fsp3) is 0.647. The molecule has 2 fully saturated rings. The van der Waals surface area contributed by atoms with Crippen LogP contribution in [0.5, 0.6) is 0 Å². The summed E-state index contributed by atoms with van der Waals surface area (Å²) >= 11 is 0. The lowest BCUT2D eigenvalue weighted by molar-refractivity contribution is 0.337. The minimum atomic E-state index is 0.620. The van der Waals surface area contributed by atoms with Crippen molar-refractivity contribution in [2.24, 2.45) is 11.3 Å². The third kappa shape index (κ3) is 2.47. The molecule has 0 saturated heterocycles. The summed E-state index contributed by atoms with van der Waals surface area (Å²) in [5.74, 6) is 1.69. The van der Waals surface area contributed by atoms with Crippen LogP contribution in [0.2, 0.25) is 0 Å². The summed E-state index contributed by atoms with van der Waals surface area (Å²) in [6.07, 6.45) is 5.63. The summed E-state index contributed by atoms with van der Waals surface area (Å²) < 4.78 is 0. The molecule has 1 N–H and O–H groups in total. The lowest BCUT2D eigenvalue weighted by Gasteiger charge is -2.20. The maximum atomic E-state index is 3.71. The van der Waals surface area contributed by atoms with E-state index in [2.05, 4.69) is 43.4 Å².